The summed E-state index contributed by atoms with van der Waals surface area (Å²) in [6, 6.07) is 7.58. The molecule has 4 nitrogen and oxygen atoms in total. The summed E-state index contributed by atoms with van der Waals surface area (Å²) in [6.07, 6.45) is -0.433. The van der Waals surface area contributed by atoms with Crippen LogP contribution in [-0.4, -0.2) is 55.4 Å². The van der Waals surface area contributed by atoms with Gasteiger partial charge in [-0.3, -0.25) is 4.90 Å². The highest BCUT2D eigenvalue weighted by Crippen LogP contribution is 2.11. The molecule has 1 unspecified atom stereocenters. The molecule has 2 N–H and O–H groups in total. The predicted molar refractivity (Wildman–Crippen MR) is 76.4 cm³/mol. The molecule has 0 saturated carbocycles. The molecule has 106 valence electrons. The zero-order valence-corrected chi connectivity index (χ0v) is 11.8. The van der Waals surface area contributed by atoms with E-state index < -0.39 is 6.10 Å². The Kier molecular flexibility index (Phi) is 6.07. The average Bonchev–Trinajstić information content (AvgIpc) is 2.40. The summed E-state index contributed by atoms with van der Waals surface area (Å²) in [6.45, 7) is 5.50. The van der Waals surface area contributed by atoms with Gasteiger partial charge in [0.1, 0.15) is 0 Å². The van der Waals surface area contributed by atoms with E-state index in [1.807, 2.05) is 24.3 Å². The van der Waals surface area contributed by atoms with Crippen LogP contribution in [0, 0.1) is 0 Å². The van der Waals surface area contributed by atoms with Crippen LogP contribution in [0.5, 0.6) is 0 Å². The van der Waals surface area contributed by atoms with Gasteiger partial charge >= 0.3 is 0 Å². The zero-order chi connectivity index (χ0) is 13.5. The minimum atomic E-state index is -0.433. The monoisotopic (exact) mass is 284 g/mol. The summed E-state index contributed by atoms with van der Waals surface area (Å²) in [5.41, 5.74) is 1.03. The summed E-state index contributed by atoms with van der Waals surface area (Å²) in [5, 5.41) is 13.9. The average molecular weight is 285 g/mol. The van der Waals surface area contributed by atoms with Crippen molar-refractivity contribution in [2.45, 2.75) is 12.7 Å². The maximum absolute atomic E-state index is 9.92. The molecule has 1 aliphatic rings. The fourth-order valence-electron chi connectivity index (χ4n) is 2.18. The van der Waals surface area contributed by atoms with E-state index in [1.54, 1.807) is 0 Å². The molecule has 1 heterocycles. The van der Waals surface area contributed by atoms with Gasteiger partial charge in [0.2, 0.25) is 0 Å². The van der Waals surface area contributed by atoms with Crippen molar-refractivity contribution in [2.24, 2.45) is 0 Å². The number of aliphatic hydroxyl groups excluding tert-OH is 1. The van der Waals surface area contributed by atoms with E-state index in [0.29, 0.717) is 24.8 Å². The number of hydrogen-bond donors (Lipinski definition) is 2. The standard InChI is InChI=1S/C14H21ClN2O2/c15-13-3-1-2-12(8-13)10-19-11-14(18)9-17-6-4-16-5-7-17/h1-3,8,14,16,18H,4-7,9-11H2. The summed E-state index contributed by atoms with van der Waals surface area (Å²) in [7, 11) is 0. The van der Waals surface area contributed by atoms with Gasteiger partial charge in [-0.1, -0.05) is 23.7 Å². The molecule has 0 aromatic heterocycles. The molecule has 1 aromatic carbocycles. The highest BCUT2D eigenvalue weighted by molar-refractivity contribution is 6.30. The van der Waals surface area contributed by atoms with E-state index in [2.05, 4.69) is 10.2 Å². The van der Waals surface area contributed by atoms with Gasteiger partial charge in [0.05, 0.1) is 19.3 Å². The van der Waals surface area contributed by atoms with Crippen LogP contribution in [0.25, 0.3) is 0 Å². The summed E-state index contributed by atoms with van der Waals surface area (Å²) < 4.78 is 5.53. The Hall–Kier alpha value is -0.650. The van der Waals surface area contributed by atoms with Crippen molar-refractivity contribution in [3.63, 3.8) is 0 Å². The van der Waals surface area contributed by atoms with E-state index >= 15 is 0 Å². The van der Waals surface area contributed by atoms with Gasteiger partial charge in [0.15, 0.2) is 0 Å². The highest BCUT2D eigenvalue weighted by atomic mass is 35.5. The lowest BCUT2D eigenvalue weighted by Gasteiger charge is -2.28. The molecule has 0 amide bonds. The molecule has 1 aromatic rings. The fraction of sp³-hybridized carbons (Fsp3) is 0.571. The first-order valence-electron chi connectivity index (χ1n) is 6.67. The van der Waals surface area contributed by atoms with Crippen molar-refractivity contribution < 1.29 is 9.84 Å². The third-order valence-electron chi connectivity index (χ3n) is 3.15. The molecule has 19 heavy (non-hydrogen) atoms. The van der Waals surface area contributed by atoms with Crippen molar-refractivity contribution in [2.75, 3.05) is 39.3 Å². The van der Waals surface area contributed by atoms with Crippen LogP contribution in [0.15, 0.2) is 24.3 Å². The van der Waals surface area contributed by atoms with Crippen LogP contribution in [0.3, 0.4) is 0 Å². The van der Waals surface area contributed by atoms with Crippen molar-refractivity contribution >= 4 is 11.6 Å². The Morgan fingerprint density at radius 1 is 1.37 bits per heavy atom. The molecule has 5 heteroatoms. The zero-order valence-electron chi connectivity index (χ0n) is 11.0. The lowest BCUT2D eigenvalue weighted by molar-refractivity contribution is 0.00823. The lowest BCUT2D eigenvalue weighted by Crippen LogP contribution is -2.47. The number of piperazine rings is 1. The number of ether oxygens (including phenoxy) is 1. The molecule has 1 saturated heterocycles. The van der Waals surface area contributed by atoms with E-state index in [1.165, 1.54) is 0 Å². The van der Waals surface area contributed by atoms with Crippen molar-refractivity contribution in [1.82, 2.24) is 10.2 Å². The summed E-state index contributed by atoms with van der Waals surface area (Å²) in [4.78, 5) is 2.25. The molecule has 1 aliphatic heterocycles. The molecular weight excluding hydrogens is 264 g/mol. The van der Waals surface area contributed by atoms with Crippen LogP contribution in [0.2, 0.25) is 5.02 Å². The van der Waals surface area contributed by atoms with Crippen LogP contribution in [-0.2, 0) is 11.3 Å². The molecule has 1 fully saturated rings. The third-order valence-corrected chi connectivity index (χ3v) is 3.38. The van der Waals surface area contributed by atoms with Gasteiger partial charge in [0.25, 0.3) is 0 Å². The first-order valence-corrected chi connectivity index (χ1v) is 7.05. The minimum absolute atomic E-state index is 0.358. The summed E-state index contributed by atoms with van der Waals surface area (Å²) in [5.74, 6) is 0. The smallest absolute Gasteiger partial charge is 0.0900 e. The number of nitrogens with one attached hydrogen (secondary N) is 1. The number of aliphatic hydroxyl groups is 1. The number of β-amino-alcohol motifs (C(OH)–C–C–N with tert-alkyl or cyclic N) is 1. The Balaban J connectivity index is 1.64. The van der Waals surface area contributed by atoms with E-state index in [-0.39, 0.29) is 0 Å². The van der Waals surface area contributed by atoms with Gasteiger partial charge in [-0.25, -0.2) is 0 Å². The van der Waals surface area contributed by atoms with Gasteiger partial charge in [-0.05, 0) is 17.7 Å². The molecule has 0 radical (unpaired) electrons. The Labute approximate surface area is 119 Å². The Bertz CT molecular complexity index is 383. The van der Waals surface area contributed by atoms with Crippen molar-refractivity contribution in [3.05, 3.63) is 34.9 Å². The van der Waals surface area contributed by atoms with Crippen LogP contribution in [0.4, 0.5) is 0 Å². The van der Waals surface area contributed by atoms with Gasteiger partial charge in [-0.15, -0.1) is 0 Å². The van der Waals surface area contributed by atoms with Gasteiger partial charge < -0.3 is 15.2 Å². The maximum Gasteiger partial charge on any atom is 0.0900 e. The fourth-order valence-corrected chi connectivity index (χ4v) is 2.40. The van der Waals surface area contributed by atoms with Crippen molar-refractivity contribution in [3.8, 4) is 0 Å². The second kappa shape index (κ2) is 7.82. The van der Waals surface area contributed by atoms with Crippen molar-refractivity contribution in [1.29, 1.82) is 0 Å². The first kappa shape index (κ1) is 14.8. The van der Waals surface area contributed by atoms with Gasteiger partial charge in [-0.2, -0.15) is 0 Å². The number of rotatable bonds is 6. The van der Waals surface area contributed by atoms with Crippen LogP contribution < -0.4 is 5.32 Å². The van der Waals surface area contributed by atoms with Gasteiger partial charge in [0, 0.05) is 37.7 Å². The summed E-state index contributed by atoms with van der Waals surface area (Å²) >= 11 is 5.90. The second-order valence-corrected chi connectivity index (χ2v) is 5.29. The quantitative estimate of drug-likeness (QED) is 0.822. The largest absolute Gasteiger partial charge is 0.389 e. The van der Waals surface area contributed by atoms with E-state index in [0.717, 1.165) is 31.7 Å². The topological polar surface area (TPSA) is 44.7 Å². The molecular formula is C14H21ClN2O2. The molecule has 0 bridgehead atoms. The van der Waals surface area contributed by atoms with Crippen LogP contribution in [0.1, 0.15) is 5.56 Å². The number of hydrogen-bond acceptors (Lipinski definition) is 4. The number of halogens is 1. The first-order chi connectivity index (χ1) is 9.24. The highest BCUT2D eigenvalue weighted by Gasteiger charge is 2.14. The van der Waals surface area contributed by atoms with Crippen LogP contribution >= 0.6 is 11.6 Å². The predicted octanol–water partition coefficient (Wildman–Crippen LogP) is 1.12. The Morgan fingerprint density at radius 3 is 2.89 bits per heavy atom. The second-order valence-electron chi connectivity index (χ2n) is 4.85. The third kappa shape index (κ3) is 5.47. The molecule has 2 rings (SSSR count). The van der Waals surface area contributed by atoms with E-state index in [9.17, 15) is 5.11 Å². The molecule has 0 aliphatic carbocycles. The minimum Gasteiger partial charge on any atom is -0.389 e. The molecule has 1 atom stereocenters. The molecule has 0 spiro atoms. The maximum atomic E-state index is 9.92. The number of benzene rings is 1. The Morgan fingerprint density at radius 2 is 2.16 bits per heavy atom. The SMILES string of the molecule is OC(COCc1cccc(Cl)c1)CN1CCNCC1. The van der Waals surface area contributed by atoms with E-state index in [4.69, 9.17) is 16.3 Å². The lowest BCUT2D eigenvalue weighted by atomic mass is 10.2. The number of nitrogens with zero attached hydrogens (tertiary/aromatic N) is 1. The normalized spacial score (nSPS) is 18.4.